The maximum Gasteiger partial charge on any atom is 0.339 e. The first-order chi connectivity index (χ1) is 11.5. The molecule has 2 heterocycles. The van der Waals surface area contributed by atoms with E-state index in [0.29, 0.717) is 13.1 Å². The van der Waals surface area contributed by atoms with Crippen LogP contribution in [0.2, 0.25) is 0 Å². The molecular formula is C16H16N4O4. The molecule has 2 amide bonds. The first-order valence-electron chi connectivity index (χ1n) is 7.39. The highest BCUT2D eigenvalue weighted by Crippen LogP contribution is 2.18. The Hall–Kier alpha value is -3.16. The molecule has 1 aromatic heterocycles. The first-order valence-corrected chi connectivity index (χ1v) is 7.39. The minimum atomic E-state index is -1.22. The molecule has 2 aromatic rings. The predicted molar refractivity (Wildman–Crippen MR) is 84.9 cm³/mol. The fourth-order valence-corrected chi connectivity index (χ4v) is 2.72. The second-order valence-electron chi connectivity index (χ2n) is 5.44. The highest BCUT2D eigenvalue weighted by atomic mass is 16.4. The van der Waals surface area contributed by atoms with E-state index in [4.69, 9.17) is 5.11 Å². The van der Waals surface area contributed by atoms with Crippen LogP contribution in [0.25, 0.3) is 0 Å². The number of anilines is 1. The summed E-state index contributed by atoms with van der Waals surface area (Å²) in [6.45, 7) is 0.580. The molecule has 0 atom stereocenters. The third kappa shape index (κ3) is 2.73. The van der Waals surface area contributed by atoms with Crippen LogP contribution in [-0.4, -0.2) is 57.2 Å². The van der Waals surface area contributed by atoms with E-state index in [0.717, 1.165) is 11.9 Å². The second-order valence-corrected chi connectivity index (χ2v) is 5.44. The zero-order valence-electron chi connectivity index (χ0n) is 13.0. The Balaban J connectivity index is 1.79. The lowest BCUT2D eigenvalue weighted by Gasteiger charge is -2.34. The molecule has 0 bridgehead atoms. The van der Waals surface area contributed by atoms with Crippen molar-refractivity contribution in [3.8, 4) is 0 Å². The van der Waals surface area contributed by atoms with Crippen LogP contribution < -0.4 is 4.90 Å². The molecule has 1 saturated heterocycles. The van der Waals surface area contributed by atoms with E-state index < -0.39 is 11.9 Å². The average molecular weight is 328 g/mol. The first kappa shape index (κ1) is 15.7. The number of piperazine rings is 1. The predicted octanol–water partition coefficient (Wildman–Crippen LogP) is 0.607. The normalized spacial score (nSPS) is 14.8. The Labute approximate surface area is 137 Å². The number of hydrogen-bond acceptors (Lipinski definition) is 4. The van der Waals surface area contributed by atoms with Gasteiger partial charge in [-0.2, -0.15) is 5.10 Å². The molecule has 8 nitrogen and oxygen atoms in total. The van der Waals surface area contributed by atoms with Crippen LogP contribution in [0.4, 0.5) is 5.69 Å². The van der Waals surface area contributed by atoms with Gasteiger partial charge in [-0.25, -0.2) is 4.79 Å². The van der Waals surface area contributed by atoms with Crippen LogP contribution in [0.3, 0.4) is 0 Å². The molecule has 0 radical (unpaired) electrons. The van der Waals surface area contributed by atoms with Gasteiger partial charge in [0.15, 0.2) is 0 Å². The number of para-hydroxylation sites is 1. The average Bonchev–Trinajstić information content (AvgIpc) is 2.96. The summed E-state index contributed by atoms with van der Waals surface area (Å²) in [5.41, 5.74) is 0.588. The number of hydrogen-bond donors (Lipinski definition) is 1. The van der Waals surface area contributed by atoms with Crippen molar-refractivity contribution >= 4 is 23.5 Å². The topological polar surface area (TPSA) is 95.7 Å². The van der Waals surface area contributed by atoms with E-state index in [1.165, 1.54) is 16.6 Å². The molecule has 0 aliphatic carbocycles. The molecule has 3 rings (SSSR count). The van der Waals surface area contributed by atoms with Crippen molar-refractivity contribution < 1.29 is 19.5 Å². The fourth-order valence-electron chi connectivity index (χ4n) is 2.72. The van der Waals surface area contributed by atoms with Crippen LogP contribution in [0.5, 0.6) is 0 Å². The molecule has 1 fully saturated rings. The molecule has 1 aliphatic rings. The van der Waals surface area contributed by atoms with E-state index in [-0.39, 0.29) is 23.7 Å². The minimum Gasteiger partial charge on any atom is -0.478 e. The van der Waals surface area contributed by atoms with E-state index >= 15 is 0 Å². The van der Waals surface area contributed by atoms with Crippen molar-refractivity contribution in [2.45, 2.75) is 0 Å². The monoisotopic (exact) mass is 328 g/mol. The Morgan fingerprint density at radius 1 is 1.17 bits per heavy atom. The summed E-state index contributed by atoms with van der Waals surface area (Å²) in [5.74, 6) is -1.94. The third-order valence-electron chi connectivity index (χ3n) is 3.95. The van der Waals surface area contributed by atoms with E-state index in [2.05, 4.69) is 5.10 Å². The van der Waals surface area contributed by atoms with Crippen molar-refractivity contribution in [2.24, 2.45) is 7.05 Å². The molecule has 0 saturated carbocycles. The number of benzene rings is 1. The molecule has 0 spiro atoms. The summed E-state index contributed by atoms with van der Waals surface area (Å²) in [5, 5.41) is 13.0. The number of aromatic nitrogens is 2. The smallest absolute Gasteiger partial charge is 0.339 e. The van der Waals surface area contributed by atoms with Gasteiger partial charge in [0.05, 0.1) is 6.20 Å². The summed E-state index contributed by atoms with van der Waals surface area (Å²) < 4.78 is 1.22. The highest BCUT2D eigenvalue weighted by molar-refractivity contribution is 6.06. The number of carbonyl (C=O) groups excluding carboxylic acids is 2. The maximum atomic E-state index is 12.6. The fraction of sp³-hybridized carbons (Fsp3) is 0.250. The van der Waals surface area contributed by atoms with Gasteiger partial charge < -0.3 is 14.9 Å². The van der Waals surface area contributed by atoms with E-state index in [9.17, 15) is 14.4 Å². The third-order valence-corrected chi connectivity index (χ3v) is 3.95. The van der Waals surface area contributed by atoms with Gasteiger partial charge in [0.2, 0.25) is 5.91 Å². The number of nitrogens with zero attached hydrogens (tertiary/aromatic N) is 4. The number of carboxylic acids is 1. The molecule has 1 aliphatic heterocycles. The molecule has 8 heteroatoms. The number of rotatable bonds is 3. The molecular weight excluding hydrogens is 312 g/mol. The van der Waals surface area contributed by atoms with E-state index in [1.807, 2.05) is 30.3 Å². The molecule has 1 N–H and O–H groups in total. The Bertz CT molecular complexity index is 800. The van der Waals surface area contributed by atoms with Crippen LogP contribution in [0, 0.1) is 0 Å². The SMILES string of the molecule is Cn1ncc(C(=O)O)c1C(=O)N1CCN(c2ccccc2)C(=O)C1. The quantitative estimate of drug-likeness (QED) is 0.890. The van der Waals surface area contributed by atoms with Crippen molar-refractivity contribution in [3.63, 3.8) is 0 Å². The minimum absolute atomic E-state index is 0.0246. The lowest BCUT2D eigenvalue weighted by Crippen LogP contribution is -2.52. The van der Waals surface area contributed by atoms with Gasteiger partial charge >= 0.3 is 5.97 Å². The lowest BCUT2D eigenvalue weighted by atomic mass is 10.2. The van der Waals surface area contributed by atoms with Gasteiger partial charge in [-0.05, 0) is 12.1 Å². The Morgan fingerprint density at radius 3 is 2.50 bits per heavy atom. The zero-order chi connectivity index (χ0) is 17.3. The van der Waals surface area contributed by atoms with Gasteiger partial charge in [-0.15, -0.1) is 0 Å². The molecule has 1 aromatic carbocycles. The van der Waals surface area contributed by atoms with Gasteiger partial charge in [-0.3, -0.25) is 14.3 Å². The molecule has 24 heavy (non-hydrogen) atoms. The number of amides is 2. The summed E-state index contributed by atoms with van der Waals surface area (Å²) in [6, 6.07) is 9.21. The van der Waals surface area contributed by atoms with Gasteiger partial charge in [0.25, 0.3) is 5.91 Å². The summed E-state index contributed by atoms with van der Waals surface area (Å²) in [6.07, 6.45) is 1.14. The van der Waals surface area contributed by atoms with Crippen LogP contribution in [0.1, 0.15) is 20.8 Å². The largest absolute Gasteiger partial charge is 0.478 e. The van der Waals surface area contributed by atoms with Crippen molar-refractivity contribution in [1.82, 2.24) is 14.7 Å². The summed E-state index contributed by atoms with van der Waals surface area (Å²) >= 11 is 0. The van der Waals surface area contributed by atoms with Gasteiger partial charge in [0, 0.05) is 25.8 Å². The number of aryl methyl sites for hydroxylation is 1. The van der Waals surface area contributed by atoms with Crippen LogP contribution >= 0.6 is 0 Å². The standard InChI is InChI=1S/C16H16N4O4/c1-18-14(12(9-17-18)16(23)24)15(22)19-7-8-20(13(21)10-19)11-5-3-2-4-6-11/h2-6,9H,7-8,10H2,1H3,(H,23,24). The zero-order valence-corrected chi connectivity index (χ0v) is 13.0. The van der Waals surface area contributed by atoms with Gasteiger partial charge in [-0.1, -0.05) is 18.2 Å². The number of aromatic carboxylic acids is 1. The van der Waals surface area contributed by atoms with Gasteiger partial charge in [0.1, 0.15) is 17.8 Å². The van der Waals surface area contributed by atoms with E-state index in [1.54, 1.807) is 4.90 Å². The Kier molecular flexibility index (Phi) is 4.03. The number of carbonyl (C=O) groups is 3. The highest BCUT2D eigenvalue weighted by Gasteiger charge is 2.32. The van der Waals surface area contributed by atoms with Crippen LogP contribution in [-0.2, 0) is 11.8 Å². The Morgan fingerprint density at radius 2 is 1.88 bits per heavy atom. The lowest BCUT2D eigenvalue weighted by molar-refractivity contribution is -0.120. The van der Waals surface area contributed by atoms with Crippen molar-refractivity contribution in [3.05, 3.63) is 47.8 Å². The van der Waals surface area contributed by atoms with Crippen molar-refractivity contribution in [2.75, 3.05) is 24.5 Å². The summed E-state index contributed by atoms with van der Waals surface area (Å²) in [4.78, 5) is 39.2. The molecule has 0 unspecified atom stereocenters. The maximum absolute atomic E-state index is 12.6. The number of carboxylic acid groups (broad SMARTS) is 1. The van der Waals surface area contributed by atoms with Crippen LogP contribution in [0.15, 0.2) is 36.5 Å². The summed E-state index contributed by atoms with van der Waals surface area (Å²) in [7, 11) is 1.50. The second kappa shape index (κ2) is 6.15. The van der Waals surface area contributed by atoms with Crippen molar-refractivity contribution in [1.29, 1.82) is 0 Å². The molecule has 124 valence electrons.